The van der Waals surface area contributed by atoms with Crippen LogP contribution in [0.25, 0.3) is 66.1 Å². The van der Waals surface area contributed by atoms with E-state index in [1.165, 1.54) is 88.3 Å². The maximum Gasteiger partial charge on any atom is 0.0714 e. The lowest BCUT2D eigenvalue weighted by Gasteiger charge is -2.34. The zero-order valence-electron chi connectivity index (χ0n) is 35.3. The molecule has 0 atom stereocenters. The smallest absolute Gasteiger partial charge is 0.0714 e. The van der Waals surface area contributed by atoms with E-state index in [2.05, 4.69) is 266 Å². The van der Waals surface area contributed by atoms with Gasteiger partial charge in [0.15, 0.2) is 0 Å². The van der Waals surface area contributed by atoms with Crippen LogP contribution < -0.4 is 4.90 Å². The molecule has 0 spiro atoms. The molecular weight excluding hydrogens is 771 g/mol. The lowest BCUT2D eigenvalue weighted by Crippen LogP contribution is -2.28. The summed E-state index contributed by atoms with van der Waals surface area (Å²) in [6.45, 7) is 0. The molecule has 1 aliphatic carbocycles. The van der Waals surface area contributed by atoms with Gasteiger partial charge in [0.2, 0.25) is 0 Å². The molecule has 1 heteroatoms. The summed E-state index contributed by atoms with van der Waals surface area (Å²) in [6, 6.07) is 95.8. The van der Waals surface area contributed by atoms with E-state index in [1.54, 1.807) is 0 Å². The van der Waals surface area contributed by atoms with Gasteiger partial charge in [0.1, 0.15) is 0 Å². The Morgan fingerprint density at radius 3 is 1.52 bits per heavy atom. The molecule has 0 amide bonds. The first-order chi connectivity index (χ1) is 31.7. The van der Waals surface area contributed by atoms with E-state index in [0.29, 0.717) is 0 Å². The molecule has 64 heavy (non-hydrogen) atoms. The van der Waals surface area contributed by atoms with Crippen LogP contribution in [0, 0.1) is 0 Å². The SMILES string of the molecule is c1ccc(C2(c3ccccc3)c3ccccc3-c3c(N(c4ccc(-c5cccc(-c6ccc7ccccc7c6)c5)cc4)c4ccc(-c5cccc6ccccc56)cc4)cccc32)cc1. The highest BCUT2D eigenvalue weighted by atomic mass is 15.1. The third-order valence-electron chi connectivity index (χ3n) is 13.3. The minimum Gasteiger partial charge on any atom is -0.310 e. The summed E-state index contributed by atoms with van der Waals surface area (Å²) in [7, 11) is 0. The standard InChI is InChI=1S/C63H43N/c1-3-22-52(23-4-1)63(53-24-5-2-6-25-53)59-29-12-11-27-58(59)62-60(63)30-15-31-61(62)64(55-40-36-47(37-41-55)57-28-14-19-46-17-9-10-26-56(46)57)54-38-34-45(35-39-54)49-20-13-21-50(42-49)51-33-32-44-16-7-8-18-48(44)43-51/h1-43H. The first-order valence-electron chi connectivity index (χ1n) is 22.2. The van der Waals surface area contributed by atoms with Crippen LogP contribution in [-0.2, 0) is 5.41 Å². The molecule has 1 nitrogen and oxygen atoms in total. The highest BCUT2D eigenvalue weighted by Crippen LogP contribution is 2.59. The van der Waals surface area contributed by atoms with Crippen LogP contribution in [-0.4, -0.2) is 0 Å². The minimum atomic E-state index is -0.506. The molecule has 0 fully saturated rings. The Morgan fingerprint density at radius 2 is 0.781 bits per heavy atom. The van der Waals surface area contributed by atoms with E-state index in [0.717, 1.165) is 17.1 Å². The average Bonchev–Trinajstić information content (AvgIpc) is 3.69. The third-order valence-corrected chi connectivity index (χ3v) is 13.3. The maximum atomic E-state index is 2.46. The molecule has 0 bridgehead atoms. The molecule has 0 heterocycles. The van der Waals surface area contributed by atoms with Gasteiger partial charge in [-0.05, 0) is 125 Å². The average molecular weight is 814 g/mol. The van der Waals surface area contributed by atoms with Gasteiger partial charge in [0.05, 0.1) is 11.1 Å². The van der Waals surface area contributed by atoms with Gasteiger partial charge < -0.3 is 4.90 Å². The summed E-state index contributed by atoms with van der Waals surface area (Å²) < 4.78 is 0. The molecule has 0 radical (unpaired) electrons. The molecule has 0 aliphatic heterocycles. The molecule has 0 unspecified atom stereocenters. The third kappa shape index (κ3) is 6.16. The summed E-state index contributed by atoms with van der Waals surface area (Å²) in [5.74, 6) is 0. The van der Waals surface area contributed by atoms with Gasteiger partial charge >= 0.3 is 0 Å². The summed E-state index contributed by atoms with van der Waals surface area (Å²) >= 11 is 0. The fourth-order valence-electron chi connectivity index (χ4n) is 10.4. The van der Waals surface area contributed by atoms with Gasteiger partial charge in [-0.3, -0.25) is 0 Å². The Morgan fingerprint density at radius 1 is 0.281 bits per heavy atom. The molecule has 11 aromatic rings. The summed E-state index contributed by atoms with van der Waals surface area (Å²) in [6.07, 6.45) is 0. The van der Waals surface area contributed by atoms with Crippen LogP contribution in [0.15, 0.2) is 261 Å². The molecule has 0 N–H and O–H groups in total. The Kier molecular flexibility index (Phi) is 9.13. The van der Waals surface area contributed by atoms with Crippen molar-refractivity contribution < 1.29 is 0 Å². The zero-order valence-corrected chi connectivity index (χ0v) is 35.3. The van der Waals surface area contributed by atoms with Crippen molar-refractivity contribution in [3.8, 4) is 44.5 Å². The summed E-state index contributed by atoms with van der Waals surface area (Å²) in [4.78, 5) is 2.46. The number of rotatable bonds is 8. The van der Waals surface area contributed by atoms with Crippen LogP contribution in [0.5, 0.6) is 0 Å². The lowest BCUT2D eigenvalue weighted by molar-refractivity contribution is 0.768. The molecule has 1 aliphatic rings. The topological polar surface area (TPSA) is 3.24 Å². The molecular formula is C63H43N. The number of nitrogens with zero attached hydrogens (tertiary/aromatic N) is 1. The van der Waals surface area contributed by atoms with Crippen molar-refractivity contribution >= 4 is 38.6 Å². The second kappa shape index (κ2) is 15.6. The Bertz CT molecular complexity index is 3430. The van der Waals surface area contributed by atoms with Crippen LogP contribution in [0.1, 0.15) is 22.3 Å². The van der Waals surface area contributed by atoms with E-state index in [4.69, 9.17) is 0 Å². The largest absolute Gasteiger partial charge is 0.310 e. The Labute approximate surface area is 374 Å². The maximum absolute atomic E-state index is 2.46. The van der Waals surface area contributed by atoms with E-state index < -0.39 is 5.41 Å². The van der Waals surface area contributed by atoms with E-state index >= 15 is 0 Å². The fraction of sp³-hybridized carbons (Fsp3) is 0.0159. The van der Waals surface area contributed by atoms with Crippen molar-refractivity contribution in [2.75, 3.05) is 4.90 Å². The Balaban J connectivity index is 1.03. The van der Waals surface area contributed by atoms with Crippen molar-refractivity contribution in [3.63, 3.8) is 0 Å². The monoisotopic (exact) mass is 813 g/mol. The van der Waals surface area contributed by atoms with Gasteiger partial charge in [0, 0.05) is 16.9 Å². The van der Waals surface area contributed by atoms with E-state index in [1.807, 2.05) is 0 Å². The van der Waals surface area contributed by atoms with Crippen molar-refractivity contribution in [1.82, 2.24) is 0 Å². The van der Waals surface area contributed by atoms with Crippen LogP contribution in [0.3, 0.4) is 0 Å². The molecule has 0 aromatic heterocycles. The second-order valence-electron chi connectivity index (χ2n) is 16.8. The van der Waals surface area contributed by atoms with E-state index in [-0.39, 0.29) is 0 Å². The predicted molar refractivity (Wildman–Crippen MR) is 270 cm³/mol. The molecule has 0 saturated heterocycles. The molecule has 0 saturated carbocycles. The number of benzene rings is 11. The minimum absolute atomic E-state index is 0.506. The van der Waals surface area contributed by atoms with Crippen LogP contribution in [0.4, 0.5) is 17.1 Å². The number of hydrogen-bond acceptors (Lipinski definition) is 1. The van der Waals surface area contributed by atoms with Crippen LogP contribution in [0.2, 0.25) is 0 Å². The quantitative estimate of drug-likeness (QED) is 0.148. The van der Waals surface area contributed by atoms with Gasteiger partial charge in [-0.1, -0.05) is 218 Å². The normalized spacial score (nSPS) is 12.5. The number of anilines is 3. The van der Waals surface area contributed by atoms with Crippen molar-refractivity contribution in [2.45, 2.75) is 5.41 Å². The molecule has 11 aromatic carbocycles. The summed E-state index contributed by atoms with van der Waals surface area (Å²) in [5, 5.41) is 5.00. The first kappa shape index (κ1) is 37.5. The van der Waals surface area contributed by atoms with Gasteiger partial charge in [0.25, 0.3) is 0 Å². The first-order valence-corrected chi connectivity index (χ1v) is 22.2. The number of fused-ring (bicyclic) bond motifs is 5. The van der Waals surface area contributed by atoms with Crippen LogP contribution >= 0.6 is 0 Å². The van der Waals surface area contributed by atoms with E-state index in [9.17, 15) is 0 Å². The zero-order chi connectivity index (χ0) is 42.5. The Hall–Kier alpha value is -8.26. The van der Waals surface area contributed by atoms with Crippen molar-refractivity contribution in [3.05, 3.63) is 283 Å². The molecule has 300 valence electrons. The molecule has 12 rings (SSSR count). The fourth-order valence-corrected chi connectivity index (χ4v) is 10.4. The van der Waals surface area contributed by atoms with Gasteiger partial charge in [-0.25, -0.2) is 0 Å². The highest BCUT2D eigenvalue weighted by Gasteiger charge is 2.47. The highest BCUT2D eigenvalue weighted by molar-refractivity contribution is 5.99. The second-order valence-corrected chi connectivity index (χ2v) is 16.8. The predicted octanol–water partition coefficient (Wildman–Crippen LogP) is 16.8. The summed E-state index contributed by atoms with van der Waals surface area (Å²) in [5.41, 5.74) is 17.6. The van der Waals surface area contributed by atoms with Crippen molar-refractivity contribution in [2.24, 2.45) is 0 Å². The van der Waals surface area contributed by atoms with Gasteiger partial charge in [-0.15, -0.1) is 0 Å². The van der Waals surface area contributed by atoms with Gasteiger partial charge in [-0.2, -0.15) is 0 Å². The van der Waals surface area contributed by atoms with Crippen molar-refractivity contribution in [1.29, 1.82) is 0 Å². The number of hydrogen-bond donors (Lipinski definition) is 0. The lowest BCUT2D eigenvalue weighted by atomic mass is 9.68.